The monoisotopic (exact) mass is 275 g/mol. The summed E-state index contributed by atoms with van der Waals surface area (Å²) in [5.74, 6) is 1.16. The van der Waals surface area contributed by atoms with Gasteiger partial charge in [-0.2, -0.15) is 0 Å². The summed E-state index contributed by atoms with van der Waals surface area (Å²) >= 11 is 0. The second kappa shape index (κ2) is 5.94. The third-order valence-electron chi connectivity index (χ3n) is 4.51. The molecule has 0 aromatic heterocycles. The molecule has 1 aliphatic heterocycles. The molecular formula is C17H22FNO. The lowest BCUT2D eigenvalue weighted by atomic mass is 9.91. The molecule has 1 aliphatic carbocycles. The number of halogens is 1. The van der Waals surface area contributed by atoms with E-state index in [9.17, 15) is 9.18 Å². The average Bonchev–Trinajstić information content (AvgIpc) is 3.31. The van der Waals surface area contributed by atoms with E-state index in [1.807, 2.05) is 12.1 Å². The lowest BCUT2D eigenvalue weighted by Crippen LogP contribution is -2.40. The van der Waals surface area contributed by atoms with E-state index in [0.717, 1.165) is 45.2 Å². The fourth-order valence-electron chi connectivity index (χ4n) is 3.11. The van der Waals surface area contributed by atoms with E-state index in [1.54, 1.807) is 0 Å². The number of likely N-dealkylation sites (tertiary alicyclic amines) is 1. The predicted octanol–water partition coefficient (Wildman–Crippen LogP) is 3.41. The maximum atomic E-state index is 12.9. The zero-order chi connectivity index (χ0) is 13.9. The lowest BCUT2D eigenvalue weighted by Gasteiger charge is -2.33. The average molecular weight is 275 g/mol. The normalized spacial score (nSPS) is 22.9. The number of rotatable bonds is 4. The molecule has 2 aliphatic rings. The number of hydrogen-bond acceptors (Lipinski definition) is 1. The van der Waals surface area contributed by atoms with Gasteiger partial charge in [0.2, 0.25) is 5.91 Å². The molecule has 1 amide bonds. The van der Waals surface area contributed by atoms with Gasteiger partial charge in [0, 0.05) is 19.0 Å². The Balaban J connectivity index is 1.49. The minimum atomic E-state index is -0.173. The van der Waals surface area contributed by atoms with Crippen LogP contribution in [0.5, 0.6) is 0 Å². The number of carbonyl (C=O) groups excluding carboxylic acids is 1. The molecule has 0 N–H and O–H groups in total. The molecule has 108 valence electrons. The van der Waals surface area contributed by atoms with E-state index in [2.05, 4.69) is 4.90 Å². The largest absolute Gasteiger partial charge is 0.342 e. The smallest absolute Gasteiger partial charge is 0.225 e. The summed E-state index contributed by atoms with van der Waals surface area (Å²) in [4.78, 5) is 14.2. The molecule has 1 saturated heterocycles. The number of nitrogens with zero attached hydrogens (tertiary/aromatic N) is 1. The quantitative estimate of drug-likeness (QED) is 0.824. The third-order valence-corrected chi connectivity index (χ3v) is 4.51. The highest BCUT2D eigenvalue weighted by atomic mass is 19.1. The molecule has 1 atom stereocenters. The summed E-state index contributed by atoms with van der Waals surface area (Å²) in [6.45, 7) is 1.87. The van der Waals surface area contributed by atoms with Gasteiger partial charge in [-0.1, -0.05) is 12.1 Å². The predicted molar refractivity (Wildman–Crippen MR) is 76.7 cm³/mol. The van der Waals surface area contributed by atoms with E-state index >= 15 is 0 Å². The van der Waals surface area contributed by atoms with Crippen molar-refractivity contribution in [3.05, 3.63) is 35.6 Å². The van der Waals surface area contributed by atoms with Gasteiger partial charge in [0.25, 0.3) is 0 Å². The summed E-state index contributed by atoms with van der Waals surface area (Å²) in [5.41, 5.74) is 1.19. The van der Waals surface area contributed by atoms with Crippen molar-refractivity contribution in [3.8, 4) is 0 Å². The van der Waals surface area contributed by atoms with Gasteiger partial charge < -0.3 is 4.90 Å². The van der Waals surface area contributed by atoms with E-state index < -0.39 is 0 Å². The minimum absolute atomic E-state index is 0.173. The number of amides is 1. The summed E-state index contributed by atoms with van der Waals surface area (Å²) < 4.78 is 12.9. The Bertz CT molecular complexity index is 466. The van der Waals surface area contributed by atoms with Gasteiger partial charge >= 0.3 is 0 Å². The Kier molecular flexibility index (Phi) is 4.04. The lowest BCUT2D eigenvalue weighted by molar-refractivity contribution is -0.134. The van der Waals surface area contributed by atoms with Crippen LogP contribution in [0.4, 0.5) is 4.39 Å². The van der Waals surface area contributed by atoms with Crippen LogP contribution in [-0.2, 0) is 11.2 Å². The highest BCUT2D eigenvalue weighted by molar-refractivity contribution is 5.81. The summed E-state index contributed by atoms with van der Waals surface area (Å²) in [6, 6.07) is 6.79. The molecular weight excluding hydrogens is 253 g/mol. The molecule has 1 heterocycles. The molecule has 1 unspecified atom stereocenters. The minimum Gasteiger partial charge on any atom is -0.342 e. The first-order valence-electron chi connectivity index (χ1n) is 7.75. The van der Waals surface area contributed by atoms with Gasteiger partial charge in [0.1, 0.15) is 5.82 Å². The van der Waals surface area contributed by atoms with Crippen molar-refractivity contribution in [1.82, 2.24) is 4.90 Å². The maximum absolute atomic E-state index is 12.9. The molecule has 0 spiro atoms. The van der Waals surface area contributed by atoms with Crippen molar-refractivity contribution in [3.63, 3.8) is 0 Å². The van der Waals surface area contributed by atoms with Gasteiger partial charge in [-0.25, -0.2) is 4.39 Å². The van der Waals surface area contributed by atoms with Gasteiger partial charge in [-0.15, -0.1) is 0 Å². The molecule has 20 heavy (non-hydrogen) atoms. The van der Waals surface area contributed by atoms with Crippen LogP contribution in [-0.4, -0.2) is 23.9 Å². The molecule has 3 rings (SSSR count). The van der Waals surface area contributed by atoms with Crippen molar-refractivity contribution in [2.45, 2.75) is 38.5 Å². The van der Waals surface area contributed by atoms with Crippen LogP contribution >= 0.6 is 0 Å². The Morgan fingerprint density at radius 1 is 1.20 bits per heavy atom. The van der Waals surface area contributed by atoms with Crippen LogP contribution in [0.15, 0.2) is 24.3 Å². The van der Waals surface area contributed by atoms with Crippen LogP contribution in [0, 0.1) is 17.7 Å². The van der Waals surface area contributed by atoms with Gasteiger partial charge in [-0.05, 0) is 62.1 Å². The Morgan fingerprint density at radius 3 is 2.65 bits per heavy atom. The maximum Gasteiger partial charge on any atom is 0.225 e. The van der Waals surface area contributed by atoms with E-state index in [0.29, 0.717) is 17.7 Å². The van der Waals surface area contributed by atoms with E-state index in [1.165, 1.54) is 24.1 Å². The highest BCUT2D eigenvalue weighted by Gasteiger charge is 2.35. The first-order chi connectivity index (χ1) is 9.72. The van der Waals surface area contributed by atoms with Gasteiger partial charge in [0.15, 0.2) is 0 Å². The molecule has 0 bridgehead atoms. The molecule has 1 aromatic carbocycles. The molecule has 3 heteroatoms. The number of piperidine rings is 1. The van der Waals surface area contributed by atoms with Crippen LogP contribution in [0.25, 0.3) is 0 Å². The standard InChI is InChI=1S/C17H22FNO/c18-16-9-5-13(6-10-16)3-4-14-2-1-11-19(12-14)17(20)15-7-8-15/h5-6,9-10,14-15H,1-4,7-8,11-12H2. The Hall–Kier alpha value is -1.38. The summed E-state index contributed by atoms with van der Waals surface area (Å²) in [7, 11) is 0. The van der Waals surface area contributed by atoms with Gasteiger partial charge in [-0.3, -0.25) is 4.79 Å². The van der Waals surface area contributed by atoms with Crippen molar-refractivity contribution in [2.24, 2.45) is 11.8 Å². The molecule has 2 fully saturated rings. The fourth-order valence-corrected chi connectivity index (χ4v) is 3.11. The zero-order valence-electron chi connectivity index (χ0n) is 11.9. The van der Waals surface area contributed by atoms with E-state index in [-0.39, 0.29) is 5.82 Å². The zero-order valence-corrected chi connectivity index (χ0v) is 11.9. The second-order valence-electron chi connectivity index (χ2n) is 6.23. The van der Waals surface area contributed by atoms with Crippen LogP contribution in [0.3, 0.4) is 0 Å². The Labute approximate surface area is 120 Å². The molecule has 2 nitrogen and oxygen atoms in total. The summed E-state index contributed by atoms with van der Waals surface area (Å²) in [5, 5.41) is 0. The van der Waals surface area contributed by atoms with Crippen LogP contribution in [0.2, 0.25) is 0 Å². The SMILES string of the molecule is O=C(C1CC1)N1CCCC(CCc2ccc(F)cc2)C1. The molecule has 1 saturated carbocycles. The first-order valence-corrected chi connectivity index (χ1v) is 7.75. The van der Waals surface area contributed by atoms with Crippen molar-refractivity contribution < 1.29 is 9.18 Å². The van der Waals surface area contributed by atoms with Crippen LogP contribution < -0.4 is 0 Å². The number of aryl methyl sites for hydroxylation is 1. The first kappa shape index (κ1) is 13.6. The van der Waals surface area contributed by atoms with Gasteiger partial charge in [0.05, 0.1) is 0 Å². The summed E-state index contributed by atoms with van der Waals surface area (Å²) in [6.07, 6.45) is 6.61. The van der Waals surface area contributed by atoms with Crippen molar-refractivity contribution in [1.29, 1.82) is 0 Å². The highest BCUT2D eigenvalue weighted by Crippen LogP contribution is 2.33. The third kappa shape index (κ3) is 3.38. The van der Waals surface area contributed by atoms with Crippen molar-refractivity contribution >= 4 is 5.91 Å². The topological polar surface area (TPSA) is 20.3 Å². The fraction of sp³-hybridized carbons (Fsp3) is 0.588. The molecule has 0 radical (unpaired) electrons. The van der Waals surface area contributed by atoms with Crippen LogP contribution in [0.1, 0.15) is 37.7 Å². The Morgan fingerprint density at radius 2 is 1.95 bits per heavy atom. The number of hydrogen-bond donors (Lipinski definition) is 0. The molecule has 1 aromatic rings. The second-order valence-corrected chi connectivity index (χ2v) is 6.23. The number of carbonyl (C=O) groups is 1. The van der Waals surface area contributed by atoms with Crippen molar-refractivity contribution in [2.75, 3.05) is 13.1 Å². The number of benzene rings is 1. The van der Waals surface area contributed by atoms with E-state index in [4.69, 9.17) is 0 Å².